The predicted octanol–water partition coefficient (Wildman–Crippen LogP) is 6.80. The van der Waals surface area contributed by atoms with Crippen molar-refractivity contribution in [3.8, 4) is 5.75 Å². The van der Waals surface area contributed by atoms with Crippen molar-refractivity contribution in [3.63, 3.8) is 0 Å². The Morgan fingerprint density at radius 3 is 2.36 bits per heavy atom. The number of Topliss-reactive ketones (excluding diaryl/α,β-unsaturated/α-hetero) is 1. The molecule has 7 heteroatoms. The average Bonchev–Trinajstić information content (AvgIpc) is 3.11. The van der Waals surface area contributed by atoms with Gasteiger partial charge >= 0.3 is 0 Å². The first kappa shape index (κ1) is 25.5. The summed E-state index contributed by atoms with van der Waals surface area (Å²) in [6, 6.07) is 17.0. The lowest BCUT2D eigenvalue weighted by atomic mass is 9.84. The number of nitrogens with zero attached hydrogens (tertiary/aromatic N) is 1. The van der Waals surface area contributed by atoms with Crippen LogP contribution in [0.3, 0.4) is 0 Å². The van der Waals surface area contributed by atoms with Crippen LogP contribution in [0.1, 0.15) is 50.4 Å². The van der Waals surface area contributed by atoms with Crippen LogP contribution >= 0.6 is 11.6 Å². The summed E-state index contributed by atoms with van der Waals surface area (Å²) in [4.78, 5) is 27.9. The number of carbonyl (C=O) groups excluding carboxylic acids is 2. The molecular formula is C29H27ClFNO4. The fourth-order valence-electron chi connectivity index (χ4n) is 4.38. The average molecular weight is 508 g/mol. The molecule has 1 atom stereocenters. The van der Waals surface area contributed by atoms with Crippen LogP contribution in [0.5, 0.6) is 5.75 Å². The molecule has 1 unspecified atom stereocenters. The Morgan fingerprint density at radius 1 is 1.06 bits per heavy atom. The molecule has 1 fully saturated rings. The SMILES string of the molecule is CCOc1ccc(/C(O)=C2/C(=O)C(=O)N(c3ccc(F)c(Cl)c3)C2c2ccccc2)cc1C(C)(C)C. The fraction of sp³-hybridized carbons (Fsp3) is 0.241. The van der Waals surface area contributed by atoms with Crippen LogP contribution in [0.4, 0.5) is 10.1 Å². The van der Waals surface area contributed by atoms with Crippen LogP contribution in [-0.4, -0.2) is 23.4 Å². The van der Waals surface area contributed by atoms with Crippen LogP contribution in [0.2, 0.25) is 5.02 Å². The lowest BCUT2D eigenvalue weighted by Crippen LogP contribution is -2.29. The molecule has 0 aliphatic carbocycles. The maximum absolute atomic E-state index is 13.9. The van der Waals surface area contributed by atoms with Crippen molar-refractivity contribution in [2.45, 2.75) is 39.2 Å². The summed E-state index contributed by atoms with van der Waals surface area (Å²) < 4.78 is 19.6. The zero-order valence-electron chi connectivity index (χ0n) is 20.5. The third-order valence-corrected chi connectivity index (χ3v) is 6.39. The molecule has 1 aliphatic heterocycles. The van der Waals surface area contributed by atoms with Crippen molar-refractivity contribution in [1.29, 1.82) is 0 Å². The van der Waals surface area contributed by atoms with E-state index in [1.807, 2.05) is 33.8 Å². The number of hydrogen-bond donors (Lipinski definition) is 1. The monoisotopic (exact) mass is 507 g/mol. The molecule has 4 rings (SSSR count). The number of halogens is 2. The van der Waals surface area contributed by atoms with E-state index in [0.29, 0.717) is 23.5 Å². The highest BCUT2D eigenvalue weighted by Gasteiger charge is 2.47. The molecular weight excluding hydrogens is 481 g/mol. The third kappa shape index (κ3) is 4.61. The molecule has 3 aromatic carbocycles. The van der Waals surface area contributed by atoms with E-state index in [4.69, 9.17) is 16.3 Å². The fourth-order valence-corrected chi connectivity index (χ4v) is 4.56. The van der Waals surface area contributed by atoms with Gasteiger partial charge < -0.3 is 9.84 Å². The van der Waals surface area contributed by atoms with E-state index in [0.717, 1.165) is 11.6 Å². The van der Waals surface area contributed by atoms with Crippen LogP contribution in [0.25, 0.3) is 5.76 Å². The summed E-state index contributed by atoms with van der Waals surface area (Å²) >= 11 is 5.99. The minimum atomic E-state index is -0.933. The van der Waals surface area contributed by atoms with Crippen LogP contribution < -0.4 is 9.64 Å². The summed E-state index contributed by atoms with van der Waals surface area (Å²) in [6.45, 7) is 8.44. The number of rotatable bonds is 5. The van der Waals surface area contributed by atoms with E-state index in [9.17, 15) is 19.1 Å². The molecule has 0 radical (unpaired) electrons. The number of benzene rings is 3. The Bertz CT molecular complexity index is 1360. The van der Waals surface area contributed by atoms with Gasteiger partial charge in [-0.3, -0.25) is 14.5 Å². The Morgan fingerprint density at radius 2 is 1.75 bits per heavy atom. The highest BCUT2D eigenvalue weighted by molar-refractivity contribution is 6.51. The predicted molar refractivity (Wildman–Crippen MR) is 139 cm³/mol. The van der Waals surface area contributed by atoms with Gasteiger partial charge in [-0.25, -0.2) is 4.39 Å². The molecule has 1 amide bonds. The van der Waals surface area contributed by atoms with Crippen molar-refractivity contribution >= 4 is 34.7 Å². The molecule has 1 aliphatic rings. The minimum absolute atomic E-state index is 0.0596. The van der Waals surface area contributed by atoms with Gasteiger partial charge in [0.15, 0.2) is 0 Å². The van der Waals surface area contributed by atoms with Gasteiger partial charge in [0.2, 0.25) is 0 Å². The number of ether oxygens (including phenoxy) is 1. The van der Waals surface area contributed by atoms with Crippen LogP contribution in [0, 0.1) is 5.82 Å². The minimum Gasteiger partial charge on any atom is -0.507 e. The lowest BCUT2D eigenvalue weighted by Gasteiger charge is -2.26. The number of anilines is 1. The molecule has 0 spiro atoms. The number of aliphatic hydroxyl groups excluding tert-OH is 1. The van der Waals surface area contributed by atoms with Gasteiger partial charge in [-0.05, 0) is 54.3 Å². The summed E-state index contributed by atoms with van der Waals surface area (Å²) in [7, 11) is 0. The molecule has 3 aromatic rings. The van der Waals surface area contributed by atoms with Crippen molar-refractivity contribution in [3.05, 3.63) is 99.8 Å². The van der Waals surface area contributed by atoms with Gasteiger partial charge in [-0.1, -0.05) is 62.7 Å². The van der Waals surface area contributed by atoms with Crippen molar-refractivity contribution in [1.82, 2.24) is 0 Å². The normalized spacial score (nSPS) is 17.5. The number of ketones is 1. The Kier molecular flexibility index (Phi) is 6.92. The van der Waals surface area contributed by atoms with Crippen LogP contribution in [-0.2, 0) is 15.0 Å². The van der Waals surface area contributed by atoms with Gasteiger partial charge in [0.25, 0.3) is 11.7 Å². The molecule has 5 nitrogen and oxygen atoms in total. The smallest absolute Gasteiger partial charge is 0.300 e. The highest BCUT2D eigenvalue weighted by atomic mass is 35.5. The van der Waals surface area contributed by atoms with Crippen LogP contribution in [0.15, 0.2) is 72.3 Å². The number of aliphatic hydroxyl groups is 1. The summed E-state index contributed by atoms with van der Waals surface area (Å²) in [5, 5.41) is 11.3. The number of carbonyl (C=O) groups is 2. The largest absolute Gasteiger partial charge is 0.507 e. The van der Waals surface area contributed by atoms with Crippen molar-refractivity contribution in [2.75, 3.05) is 11.5 Å². The maximum atomic E-state index is 13.9. The van der Waals surface area contributed by atoms with Gasteiger partial charge in [-0.2, -0.15) is 0 Å². The molecule has 1 N–H and O–H groups in total. The van der Waals surface area contributed by atoms with E-state index in [-0.39, 0.29) is 27.5 Å². The molecule has 1 saturated heterocycles. The Hall–Kier alpha value is -3.64. The second-order valence-electron chi connectivity index (χ2n) is 9.57. The second kappa shape index (κ2) is 9.78. The van der Waals surface area contributed by atoms with E-state index < -0.39 is 23.5 Å². The molecule has 0 aromatic heterocycles. The number of amides is 1. The molecule has 0 saturated carbocycles. The second-order valence-corrected chi connectivity index (χ2v) is 9.98. The van der Waals surface area contributed by atoms with Gasteiger partial charge in [0, 0.05) is 16.8 Å². The standard InChI is InChI=1S/C29H27ClFNO4/c1-5-36-23-14-11-18(15-20(23)29(2,3)4)26(33)24-25(17-9-7-6-8-10-17)32(28(35)27(24)34)19-12-13-22(31)21(30)16-19/h6-16,25,33H,5H2,1-4H3/b26-24-. The van der Waals surface area contributed by atoms with Gasteiger partial charge in [-0.15, -0.1) is 0 Å². The van der Waals surface area contributed by atoms with Gasteiger partial charge in [0.1, 0.15) is 17.3 Å². The Balaban J connectivity index is 1.94. The molecule has 1 heterocycles. The Labute approximate surface area is 214 Å². The topological polar surface area (TPSA) is 66.8 Å². The summed E-state index contributed by atoms with van der Waals surface area (Å²) in [5.41, 5.74) is 1.73. The quantitative estimate of drug-likeness (QED) is 0.234. The molecule has 36 heavy (non-hydrogen) atoms. The number of hydrogen-bond acceptors (Lipinski definition) is 4. The third-order valence-electron chi connectivity index (χ3n) is 6.10. The summed E-state index contributed by atoms with van der Waals surface area (Å²) in [5.74, 6) is -1.94. The summed E-state index contributed by atoms with van der Waals surface area (Å²) in [6.07, 6.45) is 0. The first-order valence-electron chi connectivity index (χ1n) is 11.6. The van der Waals surface area contributed by atoms with Gasteiger partial charge in [0.05, 0.1) is 23.2 Å². The zero-order chi connectivity index (χ0) is 26.2. The zero-order valence-corrected chi connectivity index (χ0v) is 21.3. The maximum Gasteiger partial charge on any atom is 0.300 e. The van der Waals surface area contributed by atoms with Crippen molar-refractivity contribution < 1.29 is 23.8 Å². The first-order valence-corrected chi connectivity index (χ1v) is 12.0. The highest BCUT2D eigenvalue weighted by Crippen LogP contribution is 2.43. The van der Waals surface area contributed by atoms with Crippen molar-refractivity contribution in [2.24, 2.45) is 0 Å². The molecule has 0 bridgehead atoms. The van der Waals surface area contributed by atoms with E-state index in [1.54, 1.807) is 42.5 Å². The van der Waals surface area contributed by atoms with E-state index in [1.165, 1.54) is 17.0 Å². The van der Waals surface area contributed by atoms with E-state index in [2.05, 4.69) is 0 Å². The lowest BCUT2D eigenvalue weighted by molar-refractivity contribution is -0.132. The van der Waals surface area contributed by atoms with E-state index >= 15 is 0 Å². The first-order chi connectivity index (χ1) is 17.0. The molecule has 186 valence electrons.